The summed E-state index contributed by atoms with van der Waals surface area (Å²) >= 11 is 0. The Morgan fingerprint density at radius 1 is 1.19 bits per heavy atom. The van der Waals surface area contributed by atoms with Crippen LogP contribution >= 0.6 is 0 Å². The Balaban J connectivity index is 1.80. The van der Waals surface area contributed by atoms with Gasteiger partial charge >= 0.3 is 0 Å². The van der Waals surface area contributed by atoms with Crippen molar-refractivity contribution in [2.24, 2.45) is 0 Å². The summed E-state index contributed by atoms with van der Waals surface area (Å²) < 4.78 is 33.3. The quantitative estimate of drug-likeness (QED) is 0.792. The summed E-state index contributed by atoms with van der Waals surface area (Å²) in [6.45, 7) is 2.16. The molecule has 1 saturated heterocycles. The Labute approximate surface area is 160 Å². The van der Waals surface area contributed by atoms with Gasteiger partial charge in [-0.25, -0.2) is 13.1 Å². The third-order valence-corrected chi connectivity index (χ3v) is 6.24. The second-order valence-electron chi connectivity index (χ2n) is 6.52. The second-order valence-corrected chi connectivity index (χ2v) is 8.29. The molecule has 0 amide bonds. The topological polar surface area (TPSA) is 82.4 Å². The van der Waals surface area contributed by atoms with Crippen LogP contribution in [0, 0.1) is 11.3 Å². The van der Waals surface area contributed by atoms with Crippen molar-refractivity contribution < 1.29 is 13.2 Å². The van der Waals surface area contributed by atoms with Gasteiger partial charge in [0, 0.05) is 12.6 Å². The first kappa shape index (κ1) is 19.4. The van der Waals surface area contributed by atoms with Crippen LogP contribution < -0.4 is 9.46 Å². The van der Waals surface area contributed by atoms with Crippen molar-refractivity contribution in [3.05, 3.63) is 59.7 Å². The molecular weight excluding hydrogens is 362 g/mol. The lowest BCUT2D eigenvalue weighted by atomic mass is 10.1. The van der Waals surface area contributed by atoms with Gasteiger partial charge in [-0.3, -0.25) is 4.90 Å². The molecule has 0 aromatic heterocycles. The van der Waals surface area contributed by atoms with E-state index in [9.17, 15) is 8.42 Å². The molecule has 1 N–H and O–H groups in total. The van der Waals surface area contributed by atoms with Crippen LogP contribution in [0.4, 0.5) is 0 Å². The number of methoxy groups -OCH3 is 1. The van der Waals surface area contributed by atoms with Gasteiger partial charge in [-0.1, -0.05) is 18.2 Å². The maximum Gasteiger partial charge on any atom is 0.240 e. The van der Waals surface area contributed by atoms with Crippen molar-refractivity contribution in [1.29, 1.82) is 5.26 Å². The largest absolute Gasteiger partial charge is 0.497 e. The number of nitriles is 1. The fourth-order valence-corrected chi connectivity index (χ4v) is 4.43. The molecule has 1 unspecified atom stereocenters. The van der Waals surface area contributed by atoms with E-state index in [1.54, 1.807) is 19.2 Å². The van der Waals surface area contributed by atoms with Crippen LogP contribution in [-0.2, 0) is 10.0 Å². The van der Waals surface area contributed by atoms with Gasteiger partial charge in [0.25, 0.3) is 0 Å². The van der Waals surface area contributed by atoms with Crippen LogP contribution in [0.1, 0.15) is 30.0 Å². The summed E-state index contributed by atoms with van der Waals surface area (Å²) in [4.78, 5) is 2.41. The zero-order chi connectivity index (χ0) is 19.3. The Morgan fingerprint density at radius 2 is 1.89 bits per heavy atom. The molecule has 6 nitrogen and oxygen atoms in total. The molecule has 142 valence electrons. The molecule has 7 heteroatoms. The van der Waals surface area contributed by atoms with Crippen LogP contribution in [0.5, 0.6) is 5.75 Å². The Morgan fingerprint density at radius 3 is 2.52 bits per heavy atom. The van der Waals surface area contributed by atoms with E-state index in [2.05, 4.69) is 9.62 Å². The van der Waals surface area contributed by atoms with Gasteiger partial charge in [-0.15, -0.1) is 0 Å². The van der Waals surface area contributed by atoms with Crippen LogP contribution in [0.2, 0.25) is 0 Å². The molecule has 0 aliphatic carbocycles. The van der Waals surface area contributed by atoms with Gasteiger partial charge in [-0.2, -0.15) is 5.26 Å². The average Bonchev–Trinajstić information content (AvgIpc) is 3.23. The number of ether oxygens (including phenoxy) is 1. The highest BCUT2D eigenvalue weighted by Gasteiger charge is 2.25. The molecule has 0 saturated carbocycles. The molecule has 27 heavy (non-hydrogen) atoms. The SMILES string of the molecule is COc1ccc(C(CNS(=O)(=O)c2cccc(C#N)c2)N2CCCC2)cc1. The number of hydrogen-bond donors (Lipinski definition) is 1. The predicted octanol–water partition coefficient (Wildman–Crippen LogP) is 2.68. The monoisotopic (exact) mass is 385 g/mol. The molecule has 1 aliphatic rings. The van der Waals surface area contributed by atoms with Crippen molar-refractivity contribution in [2.75, 3.05) is 26.7 Å². The van der Waals surface area contributed by atoms with Crippen LogP contribution in [0.3, 0.4) is 0 Å². The van der Waals surface area contributed by atoms with E-state index in [1.165, 1.54) is 12.1 Å². The molecule has 3 rings (SSSR count). The first-order valence-electron chi connectivity index (χ1n) is 8.91. The fourth-order valence-electron chi connectivity index (χ4n) is 3.34. The number of likely N-dealkylation sites (tertiary alicyclic amines) is 1. The van der Waals surface area contributed by atoms with Gasteiger partial charge < -0.3 is 4.74 Å². The van der Waals surface area contributed by atoms with Crippen molar-refractivity contribution in [3.8, 4) is 11.8 Å². The molecule has 1 atom stereocenters. The summed E-state index contributed by atoms with van der Waals surface area (Å²) in [5.41, 5.74) is 1.37. The minimum Gasteiger partial charge on any atom is -0.497 e. The highest BCUT2D eigenvalue weighted by molar-refractivity contribution is 7.89. The van der Waals surface area contributed by atoms with E-state index in [1.807, 2.05) is 30.3 Å². The zero-order valence-corrected chi connectivity index (χ0v) is 16.1. The standard InChI is InChI=1S/C20H23N3O3S/c1-26-18-9-7-17(8-10-18)20(23-11-2-3-12-23)15-22-27(24,25)19-6-4-5-16(13-19)14-21/h4-10,13,20,22H,2-3,11-12,15H2,1H3. The van der Waals surface area contributed by atoms with E-state index < -0.39 is 10.0 Å². The maximum absolute atomic E-state index is 12.7. The second kappa shape index (κ2) is 8.53. The number of nitrogens with zero attached hydrogens (tertiary/aromatic N) is 2. The summed E-state index contributed by atoms with van der Waals surface area (Å²) in [7, 11) is -2.07. The van der Waals surface area contributed by atoms with Crippen molar-refractivity contribution >= 4 is 10.0 Å². The van der Waals surface area contributed by atoms with Gasteiger partial charge in [0.15, 0.2) is 0 Å². The third kappa shape index (κ3) is 4.66. The Bertz CT molecular complexity index is 914. The number of nitrogens with one attached hydrogen (secondary N) is 1. The first-order valence-corrected chi connectivity index (χ1v) is 10.4. The van der Waals surface area contributed by atoms with Crippen LogP contribution in [0.25, 0.3) is 0 Å². The summed E-state index contributed by atoms with van der Waals surface area (Å²) in [6, 6.07) is 15.7. The van der Waals surface area contributed by atoms with Crippen LogP contribution in [0.15, 0.2) is 53.4 Å². The van der Waals surface area contributed by atoms with Crippen molar-refractivity contribution in [1.82, 2.24) is 9.62 Å². The van der Waals surface area contributed by atoms with E-state index in [4.69, 9.17) is 10.00 Å². The van der Waals surface area contributed by atoms with E-state index in [0.717, 1.165) is 37.2 Å². The van der Waals surface area contributed by atoms with E-state index >= 15 is 0 Å². The summed E-state index contributed by atoms with van der Waals surface area (Å²) in [6.07, 6.45) is 2.23. The molecule has 1 heterocycles. The molecule has 0 spiro atoms. The number of hydrogen-bond acceptors (Lipinski definition) is 5. The number of sulfonamides is 1. The van der Waals surface area contributed by atoms with Crippen molar-refractivity contribution in [3.63, 3.8) is 0 Å². The highest BCUT2D eigenvalue weighted by atomic mass is 32.2. The average molecular weight is 385 g/mol. The Kier molecular flexibility index (Phi) is 6.11. The predicted molar refractivity (Wildman–Crippen MR) is 103 cm³/mol. The van der Waals surface area contributed by atoms with Crippen LogP contribution in [-0.4, -0.2) is 40.1 Å². The van der Waals surface area contributed by atoms with Gasteiger partial charge in [0.2, 0.25) is 10.0 Å². The minimum atomic E-state index is -3.69. The van der Waals surface area contributed by atoms with Crippen molar-refractivity contribution in [2.45, 2.75) is 23.8 Å². The fraction of sp³-hybridized carbons (Fsp3) is 0.350. The van der Waals surface area contributed by atoms with Gasteiger partial charge in [-0.05, 0) is 61.8 Å². The zero-order valence-electron chi connectivity index (χ0n) is 15.3. The smallest absolute Gasteiger partial charge is 0.240 e. The molecule has 0 bridgehead atoms. The third-order valence-electron chi connectivity index (χ3n) is 4.82. The van der Waals surface area contributed by atoms with E-state index in [0.29, 0.717) is 5.56 Å². The maximum atomic E-state index is 12.7. The lowest BCUT2D eigenvalue weighted by Gasteiger charge is -2.28. The number of rotatable bonds is 7. The molecule has 0 radical (unpaired) electrons. The normalized spacial score (nSPS) is 16.0. The molecule has 1 aliphatic heterocycles. The Hall–Kier alpha value is -2.40. The molecular formula is C20H23N3O3S. The van der Waals surface area contributed by atoms with Gasteiger partial charge in [0.05, 0.1) is 23.6 Å². The lowest BCUT2D eigenvalue weighted by molar-refractivity contribution is 0.246. The van der Waals surface area contributed by atoms with E-state index in [-0.39, 0.29) is 17.5 Å². The first-order chi connectivity index (χ1) is 13.0. The highest BCUT2D eigenvalue weighted by Crippen LogP contribution is 2.26. The number of benzene rings is 2. The van der Waals surface area contributed by atoms with Gasteiger partial charge in [0.1, 0.15) is 5.75 Å². The molecule has 1 fully saturated rings. The minimum absolute atomic E-state index is 0.0488. The summed E-state index contributed by atoms with van der Waals surface area (Å²) in [5.74, 6) is 0.771. The molecule has 2 aromatic carbocycles. The lowest BCUT2D eigenvalue weighted by Crippen LogP contribution is -2.36. The molecule has 2 aromatic rings. The summed E-state index contributed by atoms with van der Waals surface area (Å²) in [5, 5.41) is 9.00.